The Labute approximate surface area is 126 Å². The summed E-state index contributed by atoms with van der Waals surface area (Å²) in [5, 5.41) is 3.36. The van der Waals surface area contributed by atoms with Crippen LogP contribution in [0.1, 0.15) is 5.56 Å². The van der Waals surface area contributed by atoms with Gasteiger partial charge in [-0.3, -0.25) is 0 Å². The number of hydrogen-bond donors (Lipinski definition) is 1. The van der Waals surface area contributed by atoms with Crippen molar-refractivity contribution in [3.05, 3.63) is 71.4 Å². The molecular weight excluding hydrogens is 293 g/mol. The number of halogens is 2. The quantitative estimate of drug-likeness (QED) is 0.930. The fraction of sp³-hybridized carbons (Fsp3) is 0.125. The lowest BCUT2D eigenvalue weighted by molar-refractivity contribution is -0.170. The van der Waals surface area contributed by atoms with Gasteiger partial charge in [0.05, 0.1) is 10.6 Å². The van der Waals surface area contributed by atoms with Crippen LogP contribution < -0.4 is 5.32 Å². The van der Waals surface area contributed by atoms with Gasteiger partial charge in [0.15, 0.2) is 0 Å². The average Bonchev–Trinajstić information content (AvgIpc) is 2.97. The number of nitrogens with one attached hydrogen (secondary N) is 1. The fourth-order valence-electron chi connectivity index (χ4n) is 2.30. The highest BCUT2D eigenvalue weighted by atomic mass is 35.5. The van der Waals surface area contributed by atoms with Crippen molar-refractivity contribution in [2.75, 3.05) is 7.05 Å². The summed E-state index contributed by atoms with van der Waals surface area (Å²) in [5.41, 5.74) is 1.81. The van der Waals surface area contributed by atoms with Gasteiger partial charge in [0, 0.05) is 5.56 Å². The maximum Gasteiger partial charge on any atom is 0.342 e. The molecule has 0 aromatic heterocycles. The van der Waals surface area contributed by atoms with Crippen LogP contribution in [0.3, 0.4) is 0 Å². The van der Waals surface area contributed by atoms with Crippen molar-refractivity contribution in [2.45, 2.75) is 5.91 Å². The summed E-state index contributed by atoms with van der Waals surface area (Å²) in [4.78, 5) is 0. The van der Waals surface area contributed by atoms with Crippen molar-refractivity contribution in [1.82, 2.24) is 5.32 Å². The largest absolute Gasteiger partial charge is 0.441 e. The SMILES string of the molecule is CNC1(c2ccc(-c3ccccc3F)cc2Cl)OC=CO1. The molecular formula is C16H13ClFNO2. The van der Waals surface area contributed by atoms with Gasteiger partial charge in [-0.25, -0.2) is 9.71 Å². The summed E-state index contributed by atoms with van der Waals surface area (Å²) < 4.78 is 24.7. The van der Waals surface area contributed by atoms with Gasteiger partial charge in [-0.15, -0.1) is 0 Å². The van der Waals surface area contributed by atoms with E-state index >= 15 is 0 Å². The summed E-state index contributed by atoms with van der Waals surface area (Å²) in [7, 11) is 1.70. The molecule has 0 bridgehead atoms. The number of rotatable bonds is 3. The van der Waals surface area contributed by atoms with E-state index in [1.165, 1.54) is 18.6 Å². The molecule has 3 nitrogen and oxygen atoms in total. The molecule has 1 aliphatic rings. The Morgan fingerprint density at radius 2 is 1.81 bits per heavy atom. The molecule has 5 heteroatoms. The van der Waals surface area contributed by atoms with Crippen molar-refractivity contribution in [3.8, 4) is 11.1 Å². The molecule has 0 unspecified atom stereocenters. The van der Waals surface area contributed by atoms with E-state index in [1.54, 1.807) is 43.4 Å². The second-order valence-electron chi connectivity index (χ2n) is 4.55. The van der Waals surface area contributed by atoms with Crippen LogP contribution >= 0.6 is 11.6 Å². The topological polar surface area (TPSA) is 30.5 Å². The molecule has 0 atom stereocenters. The minimum absolute atomic E-state index is 0.292. The summed E-state index contributed by atoms with van der Waals surface area (Å²) in [6.45, 7) is 0. The second kappa shape index (κ2) is 5.39. The predicted octanol–water partition coefficient (Wildman–Crippen LogP) is 3.99. The first-order valence-corrected chi connectivity index (χ1v) is 6.78. The predicted molar refractivity (Wildman–Crippen MR) is 78.9 cm³/mol. The number of benzene rings is 2. The molecule has 0 aliphatic carbocycles. The monoisotopic (exact) mass is 305 g/mol. The Balaban J connectivity index is 2.03. The van der Waals surface area contributed by atoms with Crippen molar-refractivity contribution >= 4 is 11.6 Å². The van der Waals surface area contributed by atoms with Crippen LogP contribution in [0.25, 0.3) is 11.1 Å². The summed E-state index contributed by atoms with van der Waals surface area (Å²) in [6.07, 6.45) is 2.88. The van der Waals surface area contributed by atoms with Crippen LogP contribution in [0.2, 0.25) is 5.02 Å². The molecule has 0 fully saturated rings. The molecule has 1 heterocycles. The van der Waals surface area contributed by atoms with E-state index in [4.69, 9.17) is 21.1 Å². The molecule has 0 saturated heterocycles. The van der Waals surface area contributed by atoms with Crippen molar-refractivity contribution in [3.63, 3.8) is 0 Å². The second-order valence-corrected chi connectivity index (χ2v) is 4.96. The molecule has 0 amide bonds. The Morgan fingerprint density at radius 3 is 2.43 bits per heavy atom. The van der Waals surface area contributed by atoms with Gasteiger partial charge < -0.3 is 9.47 Å². The molecule has 108 valence electrons. The van der Waals surface area contributed by atoms with Crippen molar-refractivity contribution < 1.29 is 13.9 Å². The maximum atomic E-state index is 13.8. The van der Waals surface area contributed by atoms with Gasteiger partial charge in [-0.2, -0.15) is 0 Å². The van der Waals surface area contributed by atoms with E-state index in [0.717, 1.165) is 0 Å². The zero-order valence-electron chi connectivity index (χ0n) is 11.3. The average molecular weight is 306 g/mol. The van der Waals surface area contributed by atoms with Crippen LogP contribution in [0.15, 0.2) is 55.0 Å². The third kappa shape index (κ3) is 2.37. The van der Waals surface area contributed by atoms with E-state index in [9.17, 15) is 4.39 Å². The van der Waals surface area contributed by atoms with E-state index in [-0.39, 0.29) is 5.82 Å². The standard InChI is InChI=1S/C16H13ClFNO2/c1-19-16(20-8-9-21-16)13-7-6-11(10-14(13)17)12-4-2-3-5-15(12)18/h2-10,19H,1H3. The van der Waals surface area contributed by atoms with Gasteiger partial charge in [0.2, 0.25) is 0 Å². The Bertz CT molecular complexity index is 694. The van der Waals surface area contributed by atoms with Crippen molar-refractivity contribution in [2.24, 2.45) is 0 Å². The number of hydrogen-bond acceptors (Lipinski definition) is 3. The third-order valence-corrected chi connectivity index (χ3v) is 3.67. The van der Waals surface area contributed by atoms with Crippen LogP contribution in [0.5, 0.6) is 0 Å². The van der Waals surface area contributed by atoms with Crippen LogP contribution in [-0.4, -0.2) is 7.05 Å². The van der Waals surface area contributed by atoms with E-state index in [1.807, 2.05) is 0 Å². The van der Waals surface area contributed by atoms with Gasteiger partial charge >= 0.3 is 5.91 Å². The molecule has 0 spiro atoms. The van der Waals surface area contributed by atoms with E-state index in [0.29, 0.717) is 21.7 Å². The highest BCUT2D eigenvalue weighted by Gasteiger charge is 2.38. The molecule has 1 N–H and O–H groups in total. The zero-order chi connectivity index (χ0) is 14.9. The van der Waals surface area contributed by atoms with Gasteiger partial charge in [-0.05, 0) is 30.8 Å². The molecule has 21 heavy (non-hydrogen) atoms. The molecule has 0 radical (unpaired) electrons. The minimum Gasteiger partial charge on any atom is -0.441 e. The smallest absolute Gasteiger partial charge is 0.342 e. The normalized spacial score (nSPS) is 15.6. The van der Waals surface area contributed by atoms with Crippen LogP contribution in [0.4, 0.5) is 4.39 Å². The molecule has 2 aromatic carbocycles. The van der Waals surface area contributed by atoms with E-state index < -0.39 is 5.91 Å². The van der Waals surface area contributed by atoms with Gasteiger partial charge in [0.25, 0.3) is 0 Å². The highest BCUT2D eigenvalue weighted by molar-refractivity contribution is 6.31. The van der Waals surface area contributed by atoms with Gasteiger partial charge in [-0.1, -0.05) is 35.9 Å². The summed E-state index contributed by atoms with van der Waals surface area (Å²) in [5.74, 6) is -1.43. The maximum absolute atomic E-state index is 13.8. The lowest BCUT2D eigenvalue weighted by atomic mass is 10.0. The van der Waals surface area contributed by atoms with Gasteiger partial charge in [0.1, 0.15) is 18.3 Å². The minimum atomic E-state index is -1.13. The molecule has 0 saturated carbocycles. The van der Waals surface area contributed by atoms with Crippen LogP contribution in [0, 0.1) is 5.82 Å². The lowest BCUT2D eigenvalue weighted by Gasteiger charge is -2.28. The van der Waals surface area contributed by atoms with Crippen molar-refractivity contribution in [1.29, 1.82) is 0 Å². The first kappa shape index (κ1) is 13.9. The lowest BCUT2D eigenvalue weighted by Crippen LogP contribution is -2.41. The molecule has 1 aliphatic heterocycles. The Kier molecular flexibility index (Phi) is 3.57. The Hall–Kier alpha value is -2.04. The number of ether oxygens (including phenoxy) is 2. The van der Waals surface area contributed by atoms with E-state index in [2.05, 4.69) is 5.32 Å². The molecule has 2 aromatic rings. The zero-order valence-corrected chi connectivity index (χ0v) is 12.0. The molecule has 3 rings (SSSR count). The van der Waals surface area contributed by atoms with Crippen LogP contribution in [-0.2, 0) is 15.4 Å². The third-order valence-electron chi connectivity index (χ3n) is 3.36. The summed E-state index contributed by atoms with van der Waals surface area (Å²) in [6, 6.07) is 11.8. The Morgan fingerprint density at radius 1 is 1.10 bits per heavy atom. The fourth-order valence-corrected chi connectivity index (χ4v) is 2.60. The highest BCUT2D eigenvalue weighted by Crippen LogP contribution is 2.36. The summed E-state index contributed by atoms with van der Waals surface area (Å²) >= 11 is 6.33. The first-order valence-electron chi connectivity index (χ1n) is 6.41. The first-order chi connectivity index (χ1) is 10.2.